The Kier molecular flexibility index (Phi) is 60.6. The minimum absolute atomic E-state index is 0.388. The lowest BCUT2D eigenvalue weighted by Crippen LogP contribution is -2.32. The molecule has 0 aromatic carbocycles. The van der Waals surface area contributed by atoms with Gasteiger partial charge in [-0.2, -0.15) is 148 Å². The van der Waals surface area contributed by atoms with E-state index in [0.29, 0.717) is 30.1 Å². The van der Waals surface area contributed by atoms with Gasteiger partial charge in [0, 0.05) is 114 Å². The molecule has 0 aliphatic carbocycles. The van der Waals surface area contributed by atoms with Crippen molar-refractivity contribution in [2.75, 3.05) is 178 Å². The molecule has 438 valence electrons. The molecule has 0 bridgehead atoms. The molecule has 4 saturated heterocycles. The van der Waals surface area contributed by atoms with E-state index in [1.165, 1.54) is 122 Å². The van der Waals surface area contributed by atoms with Crippen LogP contribution in [0.2, 0.25) is 0 Å². The second kappa shape index (κ2) is 54.7. The van der Waals surface area contributed by atoms with Gasteiger partial charge in [0.15, 0.2) is 0 Å². The summed E-state index contributed by atoms with van der Waals surface area (Å²) in [5.74, 6) is 35.8. The molecule has 0 nitrogen and oxygen atoms in total. The first-order chi connectivity index (χ1) is 35.4. The monoisotopic (exact) mass is 1530 g/mol. The van der Waals surface area contributed by atoms with E-state index < -0.39 is 0 Å². The summed E-state index contributed by atoms with van der Waals surface area (Å²) < 4.78 is 4.41. The summed E-state index contributed by atoms with van der Waals surface area (Å²) in [6, 6.07) is 0. The van der Waals surface area contributed by atoms with Crippen LogP contribution in [-0.2, 0) is 0 Å². The third-order valence-corrected chi connectivity index (χ3v) is 47.5. The van der Waals surface area contributed by atoms with E-state index in [4.69, 9.17) is 0 Å². The molecule has 73 heavy (non-hydrogen) atoms. The van der Waals surface area contributed by atoms with E-state index >= 15 is 0 Å². The van der Waals surface area contributed by atoms with Crippen LogP contribution < -0.4 is 0 Å². The molecular formula is C45H90S28. The molecule has 4 heterocycles. The molecular weight excluding hydrogens is 1440 g/mol. The Morgan fingerprint density at radius 3 is 0.699 bits per heavy atom. The van der Waals surface area contributed by atoms with E-state index in [1.54, 1.807) is 0 Å². The van der Waals surface area contributed by atoms with Gasteiger partial charge in [-0.05, 0) is 104 Å². The van der Waals surface area contributed by atoms with Crippen molar-refractivity contribution < 1.29 is 0 Å². The lowest BCUT2D eigenvalue weighted by Gasteiger charge is -2.38. The molecule has 4 rings (SSSR count). The summed E-state index contributed by atoms with van der Waals surface area (Å²) in [4.78, 5) is 0. The quantitative estimate of drug-likeness (QED) is 0.0167. The van der Waals surface area contributed by atoms with Crippen molar-refractivity contribution in [1.29, 1.82) is 0 Å². The predicted molar refractivity (Wildman–Crippen MR) is 433 cm³/mol. The smallest absolute Gasteiger partial charge is 0.0792 e. The van der Waals surface area contributed by atoms with Crippen LogP contribution in [0.5, 0.6) is 0 Å². The third-order valence-electron chi connectivity index (χ3n) is 9.79. The van der Waals surface area contributed by atoms with Crippen LogP contribution in [0.4, 0.5) is 0 Å². The average Bonchev–Trinajstić information content (AvgIpc) is 4.06. The molecule has 4 aliphatic heterocycles. The number of rotatable bonds is 39. The number of thiol groups is 8. The fraction of sp³-hybridized carbons (Fsp3) is 1.00. The van der Waals surface area contributed by atoms with Gasteiger partial charge < -0.3 is 0 Å². The highest BCUT2D eigenvalue weighted by Crippen LogP contribution is 2.56. The van der Waals surface area contributed by atoms with Crippen molar-refractivity contribution >= 4 is 336 Å². The number of thioether (sulfide) groups is 20. The summed E-state index contributed by atoms with van der Waals surface area (Å²) in [6.07, 6.45) is 2.74. The van der Waals surface area contributed by atoms with Crippen LogP contribution in [0, 0.1) is 0 Å². The highest BCUT2D eigenvalue weighted by Gasteiger charge is 2.41. The van der Waals surface area contributed by atoms with Crippen LogP contribution >= 0.6 is 336 Å². The predicted octanol–water partition coefficient (Wildman–Crippen LogP) is 19.0. The van der Waals surface area contributed by atoms with Gasteiger partial charge in [-0.1, -0.05) is 0 Å². The van der Waals surface area contributed by atoms with Crippen LogP contribution in [0.1, 0.15) is 40.5 Å². The van der Waals surface area contributed by atoms with Crippen molar-refractivity contribution in [3.8, 4) is 0 Å². The Hall–Kier alpha value is 9.80. The lowest BCUT2D eigenvalue weighted by atomic mass is 10.5. The lowest BCUT2D eigenvalue weighted by molar-refractivity contribution is 0.957. The molecule has 0 aromatic heterocycles. The maximum Gasteiger partial charge on any atom is 0.0792 e. The summed E-state index contributed by atoms with van der Waals surface area (Å²) in [7, 11) is 0. The average molecular weight is 1530 g/mol. The van der Waals surface area contributed by atoms with Crippen molar-refractivity contribution in [3.63, 3.8) is 0 Å². The van der Waals surface area contributed by atoms with E-state index in [1.807, 2.05) is 47.0 Å². The van der Waals surface area contributed by atoms with Gasteiger partial charge in [0.05, 0.1) is 34.6 Å². The van der Waals surface area contributed by atoms with Crippen LogP contribution in [0.25, 0.3) is 0 Å². The maximum atomic E-state index is 4.32. The molecule has 0 radical (unpaired) electrons. The van der Waals surface area contributed by atoms with Gasteiger partial charge in [-0.3, -0.25) is 0 Å². The molecule has 0 amide bonds. The van der Waals surface area contributed by atoms with Gasteiger partial charge >= 0.3 is 0 Å². The molecule has 0 spiro atoms. The zero-order valence-corrected chi connectivity index (χ0v) is 66.9. The van der Waals surface area contributed by atoms with Gasteiger partial charge in [-0.15, -0.1) is 188 Å². The highest BCUT2D eigenvalue weighted by atomic mass is 32.2. The van der Waals surface area contributed by atoms with Gasteiger partial charge in [0.1, 0.15) is 0 Å². The summed E-state index contributed by atoms with van der Waals surface area (Å²) in [6.45, 7) is 9.75. The molecule has 0 aromatic rings. The van der Waals surface area contributed by atoms with Crippen LogP contribution in [0.15, 0.2) is 0 Å². The Labute approximate surface area is 579 Å². The standard InChI is InChI=1S/2C13H26S8.C10H20S6.C9H18S6/c1-13(20-10-11-21-13)12(18-8-6-16-4-2-14)19-9-7-17-5-3-15;1-13(20-4-2-5-21-13)12(19-10-8-17-11-15)18-9-7-16-6-3-14;1-10(15-5-2-6-16-10)9(13-7-3-11)14-8-4-12;1-9(14-6-7-15-9)8(12-4-2-10)13-5-3-11/h2*12,14-15H,2-11H2,1H3;9,11-12H,2-8H2,1H3;8,10-11H,2-7H2,1H3. The molecule has 1 unspecified atom stereocenters. The molecule has 28 heteroatoms. The Morgan fingerprint density at radius 2 is 0.479 bits per heavy atom. The number of hydrogen-bond acceptors (Lipinski definition) is 28. The van der Waals surface area contributed by atoms with Gasteiger partial charge in [-0.25, -0.2) is 0 Å². The summed E-state index contributed by atoms with van der Waals surface area (Å²) in [5.41, 5.74) is 0. The van der Waals surface area contributed by atoms with Crippen molar-refractivity contribution in [1.82, 2.24) is 0 Å². The zero-order valence-electron chi connectivity index (χ0n) is 43.4. The van der Waals surface area contributed by atoms with Crippen molar-refractivity contribution in [2.45, 2.75) is 75.2 Å². The SMILES string of the molecule is CC1(C(SCCS)SCCS)SCCCS1.CC1(C(SCCS)SCCS)SCCS1.CC1(C(SCCSCCS)SCCSCCS)SCCS1.CC1(C(SCCSCS)SCCSCCS)SCCCS1. The molecule has 0 N–H and O–H groups in total. The second-order valence-corrected chi connectivity index (χ2v) is 48.7. The first-order valence-corrected chi connectivity index (χ1v) is 50.6. The summed E-state index contributed by atoms with van der Waals surface area (Å²) >= 11 is 76.7. The first kappa shape index (κ1) is 80.8. The summed E-state index contributed by atoms with van der Waals surface area (Å²) in [5, 5.41) is 0.944. The van der Waals surface area contributed by atoms with E-state index in [9.17, 15) is 0 Å². The topological polar surface area (TPSA) is 0 Å². The molecule has 0 saturated carbocycles. The van der Waals surface area contributed by atoms with Crippen LogP contribution in [0.3, 0.4) is 0 Å². The zero-order chi connectivity index (χ0) is 53.8. The second-order valence-electron chi connectivity index (χ2n) is 15.8. The fourth-order valence-corrected chi connectivity index (χ4v) is 39.2. The fourth-order valence-electron chi connectivity index (χ4n) is 6.37. The Bertz CT molecular complexity index is 1160. The first-order valence-electron chi connectivity index (χ1n) is 24.6. The minimum atomic E-state index is 0.388. The largest absolute Gasteiger partial charge is 0.179 e. The normalized spacial score (nSPS) is 19.3. The Morgan fingerprint density at radius 1 is 0.274 bits per heavy atom. The highest BCUT2D eigenvalue weighted by molar-refractivity contribution is 8.28. The molecule has 1 atom stereocenters. The minimum Gasteiger partial charge on any atom is -0.179 e. The molecule has 4 aliphatic rings. The van der Waals surface area contributed by atoms with E-state index in [2.05, 4.69) is 317 Å². The number of hydrogen-bond donors (Lipinski definition) is 8. The maximum absolute atomic E-state index is 4.32. The van der Waals surface area contributed by atoms with E-state index in [0.717, 1.165) is 72.9 Å². The Balaban J connectivity index is 0.000000492. The van der Waals surface area contributed by atoms with Gasteiger partial charge in [0.25, 0.3) is 0 Å². The third kappa shape index (κ3) is 39.5. The van der Waals surface area contributed by atoms with Crippen LogP contribution in [-0.4, -0.2) is 212 Å². The van der Waals surface area contributed by atoms with E-state index in [-0.39, 0.29) is 0 Å². The van der Waals surface area contributed by atoms with Crippen molar-refractivity contribution in [2.24, 2.45) is 0 Å². The molecule has 4 fully saturated rings. The van der Waals surface area contributed by atoms with Crippen molar-refractivity contribution in [3.05, 3.63) is 0 Å². The van der Waals surface area contributed by atoms with Gasteiger partial charge in [0.2, 0.25) is 0 Å².